The summed E-state index contributed by atoms with van der Waals surface area (Å²) in [5.41, 5.74) is 3.05. The lowest BCUT2D eigenvalue weighted by molar-refractivity contribution is 0.0690. The summed E-state index contributed by atoms with van der Waals surface area (Å²) < 4.78 is 0.961. The Bertz CT molecular complexity index is 735. The Labute approximate surface area is 130 Å². The number of anilines is 1. The molecule has 21 heavy (non-hydrogen) atoms. The number of carboxylic acid groups (broad SMARTS) is 1. The van der Waals surface area contributed by atoms with E-state index >= 15 is 0 Å². The highest BCUT2D eigenvalue weighted by atomic mass is 79.9. The molecule has 5 nitrogen and oxygen atoms in total. The first-order valence-corrected chi connectivity index (χ1v) is 7.10. The summed E-state index contributed by atoms with van der Waals surface area (Å²) >= 11 is 3.40. The van der Waals surface area contributed by atoms with Crippen LogP contribution < -0.4 is 5.32 Å². The first-order chi connectivity index (χ1) is 9.81. The molecule has 0 atom stereocenters. The SMILES string of the molecule is Cc1cc(NC(=O)c2c(C)[nH]c(C(=O)O)c2C)ccc1Br. The van der Waals surface area contributed by atoms with Crippen LogP contribution in [0.25, 0.3) is 0 Å². The summed E-state index contributed by atoms with van der Waals surface area (Å²) in [5, 5.41) is 11.9. The minimum Gasteiger partial charge on any atom is -0.477 e. The molecular formula is C15H15BrN2O3. The number of aryl methyl sites for hydroxylation is 2. The molecule has 3 N–H and O–H groups in total. The molecule has 0 aliphatic carbocycles. The molecule has 0 saturated heterocycles. The molecular weight excluding hydrogens is 336 g/mol. The minimum absolute atomic E-state index is 0.0460. The molecule has 2 rings (SSSR count). The predicted molar refractivity (Wildman–Crippen MR) is 84.1 cm³/mol. The largest absolute Gasteiger partial charge is 0.477 e. The molecule has 2 aromatic rings. The van der Waals surface area contributed by atoms with Crippen LogP contribution in [0.15, 0.2) is 22.7 Å². The first kappa shape index (κ1) is 15.3. The highest BCUT2D eigenvalue weighted by Crippen LogP contribution is 2.23. The Morgan fingerprint density at radius 1 is 1.24 bits per heavy atom. The molecule has 0 spiro atoms. The zero-order valence-electron chi connectivity index (χ0n) is 11.9. The van der Waals surface area contributed by atoms with Crippen LogP contribution in [0, 0.1) is 20.8 Å². The molecule has 0 radical (unpaired) electrons. The van der Waals surface area contributed by atoms with Gasteiger partial charge >= 0.3 is 5.97 Å². The second-order valence-corrected chi connectivity index (χ2v) is 5.70. The van der Waals surface area contributed by atoms with Gasteiger partial charge in [0.05, 0.1) is 5.56 Å². The molecule has 0 bridgehead atoms. The van der Waals surface area contributed by atoms with Gasteiger partial charge in [0.1, 0.15) is 5.69 Å². The van der Waals surface area contributed by atoms with Gasteiger partial charge in [-0.15, -0.1) is 0 Å². The van der Waals surface area contributed by atoms with Crippen molar-refractivity contribution in [2.45, 2.75) is 20.8 Å². The Hall–Kier alpha value is -2.08. The van der Waals surface area contributed by atoms with E-state index in [0.29, 0.717) is 22.5 Å². The van der Waals surface area contributed by atoms with Crippen molar-refractivity contribution in [3.05, 3.63) is 50.8 Å². The number of amides is 1. The van der Waals surface area contributed by atoms with Crippen molar-refractivity contribution < 1.29 is 14.7 Å². The van der Waals surface area contributed by atoms with Crippen LogP contribution >= 0.6 is 15.9 Å². The maximum absolute atomic E-state index is 12.4. The van der Waals surface area contributed by atoms with Gasteiger partial charge in [0.25, 0.3) is 5.91 Å². The number of carboxylic acids is 1. The van der Waals surface area contributed by atoms with Crippen molar-refractivity contribution in [2.24, 2.45) is 0 Å². The lowest BCUT2D eigenvalue weighted by Crippen LogP contribution is -2.14. The van der Waals surface area contributed by atoms with Crippen LogP contribution in [0.1, 0.15) is 37.7 Å². The standard InChI is InChI=1S/C15H15BrN2O3/c1-7-6-10(4-5-11(7)16)18-14(19)12-8(2)13(15(20)21)17-9(12)3/h4-6,17H,1-3H3,(H,18,19)(H,20,21). The number of rotatable bonds is 3. The number of aromatic amines is 1. The van der Waals surface area contributed by atoms with Crippen LogP contribution in [-0.2, 0) is 0 Å². The fourth-order valence-electron chi connectivity index (χ4n) is 2.22. The second-order valence-electron chi connectivity index (χ2n) is 4.85. The molecule has 1 amide bonds. The van der Waals surface area contributed by atoms with Crippen LogP contribution in [0.2, 0.25) is 0 Å². The van der Waals surface area contributed by atoms with E-state index in [-0.39, 0.29) is 11.6 Å². The number of hydrogen-bond donors (Lipinski definition) is 3. The van der Waals surface area contributed by atoms with E-state index in [0.717, 1.165) is 10.0 Å². The summed E-state index contributed by atoms with van der Waals surface area (Å²) in [5.74, 6) is -1.40. The van der Waals surface area contributed by atoms with Crippen molar-refractivity contribution in [1.82, 2.24) is 4.98 Å². The van der Waals surface area contributed by atoms with Gasteiger partial charge in [-0.3, -0.25) is 4.79 Å². The third-order valence-corrected chi connectivity index (χ3v) is 4.18. The van der Waals surface area contributed by atoms with Crippen LogP contribution in [0.4, 0.5) is 5.69 Å². The molecule has 0 fully saturated rings. The fraction of sp³-hybridized carbons (Fsp3) is 0.200. The fourth-order valence-corrected chi connectivity index (χ4v) is 2.47. The third-order valence-electron chi connectivity index (χ3n) is 3.29. The molecule has 110 valence electrons. The zero-order chi connectivity index (χ0) is 15.7. The highest BCUT2D eigenvalue weighted by Gasteiger charge is 2.21. The van der Waals surface area contributed by atoms with Gasteiger partial charge in [0, 0.05) is 15.9 Å². The van der Waals surface area contributed by atoms with E-state index in [2.05, 4.69) is 26.2 Å². The van der Waals surface area contributed by atoms with Gasteiger partial charge in [-0.05, 0) is 50.1 Å². The Morgan fingerprint density at radius 3 is 2.43 bits per heavy atom. The molecule has 1 aromatic carbocycles. The quantitative estimate of drug-likeness (QED) is 0.789. The van der Waals surface area contributed by atoms with E-state index in [9.17, 15) is 9.59 Å². The summed E-state index contributed by atoms with van der Waals surface area (Å²) in [4.78, 5) is 26.2. The number of benzene rings is 1. The summed E-state index contributed by atoms with van der Waals surface area (Å²) in [6.07, 6.45) is 0. The van der Waals surface area contributed by atoms with Crippen molar-refractivity contribution in [1.29, 1.82) is 0 Å². The van der Waals surface area contributed by atoms with Crippen LogP contribution in [0.5, 0.6) is 0 Å². The summed E-state index contributed by atoms with van der Waals surface area (Å²) in [6, 6.07) is 5.48. The zero-order valence-corrected chi connectivity index (χ0v) is 13.5. The molecule has 6 heteroatoms. The number of nitrogens with one attached hydrogen (secondary N) is 2. The lowest BCUT2D eigenvalue weighted by Gasteiger charge is -2.08. The van der Waals surface area contributed by atoms with Gasteiger partial charge in [-0.25, -0.2) is 4.79 Å². The molecule has 0 aliphatic rings. The number of aromatic carboxylic acids is 1. The number of carbonyl (C=O) groups excluding carboxylic acids is 1. The van der Waals surface area contributed by atoms with Crippen LogP contribution in [-0.4, -0.2) is 22.0 Å². The number of carbonyl (C=O) groups is 2. The van der Waals surface area contributed by atoms with E-state index < -0.39 is 5.97 Å². The average Bonchev–Trinajstić information content (AvgIpc) is 2.69. The Balaban J connectivity index is 2.32. The van der Waals surface area contributed by atoms with E-state index in [1.54, 1.807) is 19.9 Å². The highest BCUT2D eigenvalue weighted by molar-refractivity contribution is 9.10. The first-order valence-electron chi connectivity index (χ1n) is 6.31. The van der Waals surface area contributed by atoms with E-state index in [1.807, 2.05) is 19.1 Å². The topological polar surface area (TPSA) is 82.2 Å². The Morgan fingerprint density at radius 2 is 1.90 bits per heavy atom. The number of halogens is 1. The smallest absolute Gasteiger partial charge is 0.352 e. The van der Waals surface area contributed by atoms with Crippen molar-refractivity contribution in [3.63, 3.8) is 0 Å². The third kappa shape index (κ3) is 3.00. The molecule has 1 aromatic heterocycles. The minimum atomic E-state index is -1.07. The van der Waals surface area contributed by atoms with E-state index in [4.69, 9.17) is 5.11 Å². The van der Waals surface area contributed by atoms with Gasteiger partial charge in [0.15, 0.2) is 0 Å². The van der Waals surface area contributed by atoms with Crippen molar-refractivity contribution in [2.75, 3.05) is 5.32 Å². The maximum atomic E-state index is 12.4. The summed E-state index contributed by atoms with van der Waals surface area (Å²) in [6.45, 7) is 5.23. The molecule has 0 saturated carbocycles. The van der Waals surface area contributed by atoms with Gasteiger partial charge < -0.3 is 15.4 Å². The van der Waals surface area contributed by atoms with Crippen molar-refractivity contribution >= 4 is 33.5 Å². The lowest BCUT2D eigenvalue weighted by atomic mass is 10.1. The molecule has 0 aliphatic heterocycles. The normalized spacial score (nSPS) is 10.5. The maximum Gasteiger partial charge on any atom is 0.352 e. The van der Waals surface area contributed by atoms with Crippen molar-refractivity contribution in [3.8, 4) is 0 Å². The average molecular weight is 351 g/mol. The molecule has 1 heterocycles. The second kappa shape index (κ2) is 5.73. The summed E-state index contributed by atoms with van der Waals surface area (Å²) in [7, 11) is 0. The van der Waals surface area contributed by atoms with E-state index in [1.165, 1.54) is 0 Å². The van der Waals surface area contributed by atoms with Gasteiger partial charge in [-0.2, -0.15) is 0 Å². The number of H-pyrrole nitrogens is 1. The molecule has 0 unspecified atom stereocenters. The Kier molecular flexibility index (Phi) is 4.18. The number of aromatic nitrogens is 1. The van der Waals surface area contributed by atoms with Gasteiger partial charge in [-0.1, -0.05) is 15.9 Å². The monoisotopic (exact) mass is 350 g/mol. The number of hydrogen-bond acceptors (Lipinski definition) is 2. The predicted octanol–water partition coefficient (Wildman–Crippen LogP) is 3.65. The van der Waals surface area contributed by atoms with Gasteiger partial charge in [0.2, 0.25) is 0 Å². The van der Waals surface area contributed by atoms with Crippen LogP contribution in [0.3, 0.4) is 0 Å².